The van der Waals surface area contributed by atoms with Crippen molar-refractivity contribution in [3.63, 3.8) is 0 Å². The Balaban J connectivity index is 2.61. The van der Waals surface area contributed by atoms with Gasteiger partial charge in [-0.1, -0.05) is 0 Å². The number of rotatable bonds is 8. The van der Waals surface area contributed by atoms with Crippen LogP contribution in [0.25, 0.3) is 0 Å². The first-order valence-electron chi connectivity index (χ1n) is 6.38. The van der Waals surface area contributed by atoms with Crippen LogP contribution in [0.2, 0.25) is 0 Å². The molecule has 0 bridgehead atoms. The molecule has 0 aliphatic carbocycles. The molecule has 1 amide bonds. The number of amides is 1. The Kier molecular flexibility index (Phi) is 5.91. The average Bonchev–Trinajstić information content (AvgIpc) is 2.80. The van der Waals surface area contributed by atoms with Crippen molar-refractivity contribution in [2.75, 3.05) is 13.6 Å². The van der Waals surface area contributed by atoms with E-state index in [1.165, 1.54) is 23.9 Å². The molecular weight excluding hydrogens is 298 g/mol. The molecule has 0 saturated carbocycles. The lowest BCUT2D eigenvalue weighted by molar-refractivity contribution is -0.137. The highest BCUT2D eigenvalue weighted by atomic mass is 32.2. The maximum Gasteiger partial charge on any atom is 0.303 e. The predicted octanol–water partition coefficient (Wildman–Crippen LogP) is -0.0821. The van der Waals surface area contributed by atoms with E-state index >= 15 is 0 Å². The zero-order chi connectivity index (χ0) is 16.0. The highest BCUT2D eigenvalue weighted by Gasteiger charge is 2.18. The Bertz CT molecular complexity index is 621. The zero-order valence-electron chi connectivity index (χ0n) is 11.9. The number of aliphatic carboxylic acids is 1. The van der Waals surface area contributed by atoms with Gasteiger partial charge in [-0.15, -0.1) is 0 Å². The van der Waals surface area contributed by atoms with Crippen LogP contribution in [0.3, 0.4) is 0 Å². The zero-order valence-corrected chi connectivity index (χ0v) is 12.7. The summed E-state index contributed by atoms with van der Waals surface area (Å²) in [7, 11) is -0.715. The summed E-state index contributed by atoms with van der Waals surface area (Å²) in [5, 5.41) is 11.1. The third-order valence-electron chi connectivity index (χ3n) is 2.89. The van der Waals surface area contributed by atoms with Crippen molar-refractivity contribution >= 4 is 21.9 Å². The molecule has 9 heteroatoms. The van der Waals surface area contributed by atoms with Crippen molar-refractivity contribution in [2.24, 2.45) is 7.05 Å². The van der Waals surface area contributed by atoms with Gasteiger partial charge in [0.2, 0.25) is 10.0 Å². The van der Waals surface area contributed by atoms with Crippen LogP contribution in [0.1, 0.15) is 29.8 Å². The summed E-state index contributed by atoms with van der Waals surface area (Å²) >= 11 is 0. The standard InChI is InChI=1S/C12H19N3O5S/c1-13-21(19,20)9-7-10(15(2)8-9)12(18)14-6-4-3-5-11(16)17/h7-8,13H,3-6H2,1-2H3,(H,14,18)(H,16,17). The van der Waals surface area contributed by atoms with E-state index in [1.54, 1.807) is 7.05 Å². The Morgan fingerprint density at radius 3 is 2.57 bits per heavy atom. The fraction of sp³-hybridized carbons (Fsp3) is 0.500. The minimum atomic E-state index is -3.59. The Labute approximate surface area is 123 Å². The van der Waals surface area contributed by atoms with E-state index in [9.17, 15) is 18.0 Å². The number of carboxylic acids is 1. The van der Waals surface area contributed by atoms with Crippen molar-refractivity contribution in [2.45, 2.75) is 24.2 Å². The summed E-state index contributed by atoms with van der Waals surface area (Å²) in [4.78, 5) is 22.3. The number of carbonyl (C=O) groups excluding carboxylic acids is 1. The second-order valence-corrected chi connectivity index (χ2v) is 6.37. The van der Waals surface area contributed by atoms with Crippen LogP contribution in [-0.4, -0.2) is 43.6 Å². The number of hydrogen-bond donors (Lipinski definition) is 3. The van der Waals surface area contributed by atoms with Crippen LogP contribution in [-0.2, 0) is 21.9 Å². The van der Waals surface area contributed by atoms with Crippen LogP contribution in [0.4, 0.5) is 0 Å². The maximum atomic E-state index is 11.9. The molecule has 0 aliphatic rings. The lowest BCUT2D eigenvalue weighted by Crippen LogP contribution is -2.26. The molecule has 1 rings (SSSR count). The van der Waals surface area contributed by atoms with E-state index in [2.05, 4.69) is 10.0 Å². The first-order chi connectivity index (χ1) is 9.77. The van der Waals surface area contributed by atoms with Gasteiger partial charge in [0.1, 0.15) is 10.6 Å². The summed E-state index contributed by atoms with van der Waals surface area (Å²) in [5.41, 5.74) is 0.224. The minimum Gasteiger partial charge on any atom is -0.481 e. The number of aryl methyl sites for hydroxylation is 1. The number of nitrogens with one attached hydrogen (secondary N) is 2. The smallest absolute Gasteiger partial charge is 0.303 e. The van der Waals surface area contributed by atoms with Crippen molar-refractivity contribution < 1.29 is 23.1 Å². The van der Waals surface area contributed by atoms with Crippen LogP contribution >= 0.6 is 0 Å². The third kappa shape index (κ3) is 4.87. The van der Waals surface area contributed by atoms with Crippen molar-refractivity contribution in [3.05, 3.63) is 18.0 Å². The molecule has 21 heavy (non-hydrogen) atoms. The maximum absolute atomic E-state index is 11.9. The molecule has 1 heterocycles. The van der Waals surface area contributed by atoms with E-state index in [1.807, 2.05) is 0 Å². The largest absolute Gasteiger partial charge is 0.481 e. The number of hydrogen-bond acceptors (Lipinski definition) is 4. The predicted molar refractivity (Wildman–Crippen MR) is 75.5 cm³/mol. The van der Waals surface area contributed by atoms with Gasteiger partial charge in [0, 0.05) is 26.2 Å². The highest BCUT2D eigenvalue weighted by molar-refractivity contribution is 7.89. The fourth-order valence-electron chi connectivity index (χ4n) is 1.72. The van der Waals surface area contributed by atoms with Gasteiger partial charge in [-0.25, -0.2) is 13.1 Å². The van der Waals surface area contributed by atoms with Gasteiger partial charge in [0.25, 0.3) is 5.91 Å². The molecule has 0 saturated heterocycles. The summed E-state index contributed by atoms with van der Waals surface area (Å²) < 4.78 is 26.9. The molecule has 1 aromatic rings. The number of sulfonamides is 1. The molecule has 0 aliphatic heterocycles. The van der Waals surface area contributed by atoms with Crippen LogP contribution in [0.5, 0.6) is 0 Å². The topological polar surface area (TPSA) is 118 Å². The SMILES string of the molecule is CNS(=O)(=O)c1cc(C(=O)NCCCCC(=O)O)n(C)c1. The Morgan fingerprint density at radius 1 is 1.33 bits per heavy atom. The van der Waals surface area contributed by atoms with E-state index in [-0.39, 0.29) is 17.0 Å². The molecule has 0 unspecified atom stereocenters. The number of unbranched alkanes of at least 4 members (excludes halogenated alkanes) is 1. The molecular formula is C12H19N3O5S. The van der Waals surface area contributed by atoms with Gasteiger partial charge in [-0.2, -0.15) is 0 Å². The summed E-state index contributed by atoms with van der Waals surface area (Å²) in [6, 6.07) is 1.29. The van der Waals surface area contributed by atoms with E-state index in [4.69, 9.17) is 5.11 Å². The second kappa shape index (κ2) is 7.23. The molecule has 0 atom stereocenters. The fourth-order valence-corrected chi connectivity index (χ4v) is 2.52. The van der Waals surface area contributed by atoms with Gasteiger partial charge in [0.05, 0.1) is 0 Å². The molecule has 0 spiro atoms. The molecule has 8 nitrogen and oxygen atoms in total. The lowest BCUT2D eigenvalue weighted by atomic mass is 10.2. The van der Waals surface area contributed by atoms with Crippen LogP contribution < -0.4 is 10.0 Å². The first-order valence-corrected chi connectivity index (χ1v) is 7.86. The van der Waals surface area contributed by atoms with E-state index in [0.717, 1.165) is 0 Å². The van der Waals surface area contributed by atoms with Gasteiger partial charge >= 0.3 is 5.97 Å². The number of aromatic nitrogens is 1. The van der Waals surface area contributed by atoms with Gasteiger partial charge in [-0.05, 0) is 26.0 Å². The summed E-state index contributed by atoms with van der Waals surface area (Å²) in [5.74, 6) is -1.27. The average molecular weight is 317 g/mol. The highest BCUT2D eigenvalue weighted by Crippen LogP contribution is 2.13. The second-order valence-electron chi connectivity index (χ2n) is 4.49. The van der Waals surface area contributed by atoms with Crippen molar-refractivity contribution in [3.8, 4) is 0 Å². The van der Waals surface area contributed by atoms with Crippen molar-refractivity contribution in [1.29, 1.82) is 0 Å². The molecule has 1 aromatic heterocycles. The molecule has 118 valence electrons. The quantitative estimate of drug-likeness (QED) is 0.580. The summed E-state index contributed by atoms with van der Waals surface area (Å²) in [6.07, 6.45) is 2.43. The molecule has 3 N–H and O–H groups in total. The molecule has 0 fully saturated rings. The van der Waals surface area contributed by atoms with Crippen molar-refractivity contribution in [1.82, 2.24) is 14.6 Å². The number of carbonyl (C=O) groups is 2. The van der Waals surface area contributed by atoms with E-state index < -0.39 is 21.9 Å². The molecule has 0 radical (unpaired) electrons. The monoisotopic (exact) mass is 317 g/mol. The van der Waals surface area contributed by atoms with Gasteiger partial charge < -0.3 is 15.0 Å². The summed E-state index contributed by atoms with van der Waals surface area (Å²) in [6.45, 7) is 0.339. The normalized spacial score (nSPS) is 11.3. The first kappa shape index (κ1) is 17.2. The van der Waals surface area contributed by atoms with Gasteiger partial charge in [-0.3, -0.25) is 9.59 Å². The molecule has 0 aromatic carbocycles. The Morgan fingerprint density at radius 2 is 2.00 bits per heavy atom. The van der Waals surface area contributed by atoms with Gasteiger partial charge in [0.15, 0.2) is 0 Å². The minimum absolute atomic E-state index is 0.0172. The van der Waals surface area contributed by atoms with Crippen LogP contribution in [0.15, 0.2) is 17.2 Å². The van der Waals surface area contributed by atoms with E-state index in [0.29, 0.717) is 19.4 Å². The lowest BCUT2D eigenvalue weighted by Gasteiger charge is -2.05. The third-order valence-corrected chi connectivity index (χ3v) is 4.28. The number of carboxylic acid groups (broad SMARTS) is 1. The number of nitrogens with zero attached hydrogens (tertiary/aromatic N) is 1. The van der Waals surface area contributed by atoms with Crippen LogP contribution in [0, 0.1) is 0 Å². The Hall–Kier alpha value is -1.87.